The molecule has 7 heteroatoms. The molecule has 4 aromatic rings. The highest BCUT2D eigenvalue weighted by Crippen LogP contribution is 2.16. The summed E-state index contributed by atoms with van der Waals surface area (Å²) in [6, 6.07) is 22.9. The Labute approximate surface area is 186 Å². The van der Waals surface area contributed by atoms with E-state index in [-0.39, 0.29) is 23.6 Å². The maximum atomic E-state index is 12.9. The molecule has 0 aliphatic heterocycles. The second kappa shape index (κ2) is 9.06. The van der Waals surface area contributed by atoms with Gasteiger partial charge in [0.2, 0.25) is 0 Å². The predicted octanol–water partition coefficient (Wildman–Crippen LogP) is 4.25. The largest absolute Gasteiger partial charge is 0.452 e. The van der Waals surface area contributed by atoms with Gasteiger partial charge in [0, 0.05) is 15.4 Å². The van der Waals surface area contributed by atoms with E-state index in [0.29, 0.717) is 16.3 Å². The number of hydrogen-bond acceptors (Lipinski definition) is 5. The van der Waals surface area contributed by atoms with Gasteiger partial charge in [-0.05, 0) is 23.8 Å². The Bertz CT molecular complexity index is 1320. The molecule has 154 valence electrons. The van der Waals surface area contributed by atoms with Crippen LogP contribution < -0.4 is 5.56 Å². The number of hydrogen-bond donors (Lipinski definition) is 0. The highest BCUT2D eigenvalue weighted by atomic mass is 79.9. The highest BCUT2D eigenvalue weighted by molar-refractivity contribution is 9.10. The van der Waals surface area contributed by atoms with Crippen molar-refractivity contribution in [2.24, 2.45) is 0 Å². The van der Waals surface area contributed by atoms with Gasteiger partial charge in [0.25, 0.3) is 5.56 Å². The van der Waals surface area contributed by atoms with Crippen LogP contribution in [0.4, 0.5) is 0 Å². The lowest BCUT2D eigenvalue weighted by atomic mass is 10.1. The van der Waals surface area contributed by atoms with Gasteiger partial charge in [-0.1, -0.05) is 76.6 Å². The van der Waals surface area contributed by atoms with Gasteiger partial charge in [-0.3, -0.25) is 9.59 Å². The SMILES string of the molecule is O=C(COC(=O)c1nn(Cc2ccccc2)c(=O)c2ccccc12)c1ccc(Br)cc1. The van der Waals surface area contributed by atoms with Crippen LogP contribution in [0.15, 0.2) is 88.1 Å². The fraction of sp³-hybridized carbons (Fsp3) is 0.0833. The molecule has 0 N–H and O–H groups in total. The molecule has 0 saturated carbocycles. The van der Waals surface area contributed by atoms with Crippen LogP contribution in [0.25, 0.3) is 10.8 Å². The van der Waals surface area contributed by atoms with E-state index in [1.54, 1.807) is 48.5 Å². The molecule has 0 aliphatic rings. The maximum absolute atomic E-state index is 12.9. The monoisotopic (exact) mass is 476 g/mol. The number of benzene rings is 3. The van der Waals surface area contributed by atoms with Crippen LogP contribution in [-0.4, -0.2) is 28.1 Å². The number of ether oxygens (including phenoxy) is 1. The van der Waals surface area contributed by atoms with Gasteiger partial charge < -0.3 is 4.74 Å². The van der Waals surface area contributed by atoms with E-state index < -0.39 is 12.6 Å². The van der Waals surface area contributed by atoms with Crippen molar-refractivity contribution in [2.45, 2.75) is 6.54 Å². The highest BCUT2D eigenvalue weighted by Gasteiger charge is 2.19. The molecule has 0 bridgehead atoms. The second-order valence-electron chi connectivity index (χ2n) is 6.85. The van der Waals surface area contributed by atoms with E-state index in [1.165, 1.54) is 4.68 Å². The topological polar surface area (TPSA) is 78.3 Å². The first-order valence-electron chi connectivity index (χ1n) is 9.52. The molecule has 31 heavy (non-hydrogen) atoms. The zero-order valence-corrected chi connectivity index (χ0v) is 17.9. The van der Waals surface area contributed by atoms with Crippen molar-refractivity contribution in [3.8, 4) is 0 Å². The molecular weight excluding hydrogens is 460 g/mol. The average molecular weight is 477 g/mol. The normalized spacial score (nSPS) is 10.7. The number of rotatable bonds is 6. The van der Waals surface area contributed by atoms with Crippen molar-refractivity contribution in [3.63, 3.8) is 0 Å². The van der Waals surface area contributed by atoms with Gasteiger partial charge in [-0.2, -0.15) is 5.10 Å². The minimum atomic E-state index is -0.761. The van der Waals surface area contributed by atoms with Gasteiger partial charge in [0.1, 0.15) is 0 Å². The molecule has 0 amide bonds. The Balaban J connectivity index is 1.63. The molecule has 0 fully saturated rings. The van der Waals surface area contributed by atoms with Gasteiger partial charge in [0.15, 0.2) is 18.1 Å². The molecule has 0 saturated heterocycles. The first kappa shape index (κ1) is 20.7. The first-order chi connectivity index (χ1) is 15.0. The number of Topliss-reactive ketones (excluding diaryl/α,β-unsaturated/α-hetero) is 1. The van der Waals surface area contributed by atoms with Crippen molar-refractivity contribution in [1.82, 2.24) is 9.78 Å². The number of halogens is 1. The van der Waals surface area contributed by atoms with E-state index in [0.717, 1.165) is 10.0 Å². The summed E-state index contributed by atoms with van der Waals surface area (Å²) < 4.78 is 7.34. The maximum Gasteiger partial charge on any atom is 0.359 e. The number of esters is 1. The number of aromatic nitrogens is 2. The third-order valence-electron chi connectivity index (χ3n) is 4.74. The summed E-state index contributed by atoms with van der Waals surface area (Å²) in [5, 5.41) is 5.02. The van der Waals surface area contributed by atoms with Crippen LogP contribution in [-0.2, 0) is 11.3 Å². The quantitative estimate of drug-likeness (QED) is 0.307. The standard InChI is InChI=1S/C24H17BrN2O4/c25-18-12-10-17(11-13-18)21(28)15-31-24(30)22-19-8-4-5-9-20(19)23(29)27(26-22)14-16-6-2-1-3-7-16/h1-13H,14-15H2. The number of ketones is 1. The lowest BCUT2D eigenvalue weighted by Gasteiger charge is -2.11. The molecule has 0 unspecified atom stereocenters. The Morgan fingerprint density at radius 3 is 2.23 bits per heavy atom. The minimum Gasteiger partial charge on any atom is -0.452 e. The Morgan fingerprint density at radius 1 is 0.871 bits per heavy atom. The Morgan fingerprint density at radius 2 is 1.52 bits per heavy atom. The third-order valence-corrected chi connectivity index (χ3v) is 5.27. The summed E-state index contributed by atoms with van der Waals surface area (Å²) in [4.78, 5) is 38.0. The molecular formula is C24H17BrN2O4. The number of fused-ring (bicyclic) bond motifs is 1. The van der Waals surface area contributed by atoms with Crippen LogP contribution in [0.1, 0.15) is 26.4 Å². The van der Waals surface area contributed by atoms with Crippen LogP contribution in [0.5, 0.6) is 0 Å². The minimum absolute atomic E-state index is 0.00487. The number of carbonyl (C=O) groups excluding carboxylic acids is 2. The molecule has 1 aromatic heterocycles. The smallest absolute Gasteiger partial charge is 0.359 e. The predicted molar refractivity (Wildman–Crippen MR) is 120 cm³/mol. The molecule has 1 heterocycles. The summed E-state index contributed by atoms with van der Waals surface area (Å²) in [5.74, 6) is -1.09. The Kier molecular flexibility index (Phi) is 6.04. The summed E-state index contributed by atoms with van der Waals surface area (Å²) >= 11 is 3.31. The Hall–Kier alpha value is -3.58. The van der Waals surface area contributed by atoms with Crippen molar-refractivity contribution in [3.05, 3.63) is 111 Å². The second-order valence-corrected chi connectivity index (χ2v) is 7.76. The van der Waals surface area contributed by atoms with E-state index in [1.807, 2.05) is 30.3 Å². The number of nitrogens with zero attached hydrogens (tertiary/aromatic N) is 2. The molecule has 3 aromatic carbocycles. The fourth-order valence-electron chi connectivity index (χ4n) is 3.17. The van der Waals surface area contributed by atoms with E-state index in [2.05, 4.69) is 21.0 Å². The fourth-order valence-corrected chi connectivity index (χ4v) is 3.43. The summed E-state index contributed by atoms with van der Waals surface area (Å²) in [6.07, 6.45) is 0. The average Bonchev–Trinajstić information content (AvgIpc) is 2.80. The van der Waals surface area contributed by atoms with E-state index in [4.69, 9.17) is 4.74 Å². The third kappa shape index (κ3) is 4.62. The summed E-state index contributed by atoms with van der Waals surface area (Å²) in [7, 11) is 0. The molecule has 6 nitrogen and oxygen atoms in total. The molecule has 4 rings (SSSR count). The van der Waals surface area contributed by atoms with E-state index in [9.17, 15) is 14.4 Å². The van der Waals surface area contributed by atoms with Crippen molar-refractivity contribution in [1.29, 1.82) is 0 Å². The van der Waals surface area contributed by atoms with Crippen LogP contribution >= 0.6 is 15.9 Å². The molecule has 0 spiro atoms. The van der Waals surface area contributed by atoms with Crippen LogP contribution in [0, 0.1) is 0 Å². The summed E-state index contributed by atoms with van der Waals surface area (Å²) in [5.41, 5.74) is 0.997. The molecule has 0 atom stereocenters. The van der Waals surface area contributed by atoms with Gasteiger partial charge >= 0.3 is 5.97 Å². The molecule has 0 radical (unpaired) electrons. The van der Waals surface area contributed by atoms with Crippen molar-refractivity contribution < 1.29 is 14.3 Å². The van der Waals surface area contributed by atoms with Crippen LogP contribution in [0.2, 0.25) is 0 Å². The number of carbonyl (C=O) groups is 2. The van der Waals surface area contributed by atoms with Gasteiger partial charge in [-0.15, -0.1) is 0 Å². The lowest BCUT2D eigenvalue weighted by Crippen LogP contribution is -2.27. The first-order valence-corrected chi connectivity index (χ1v) is 10.3. The van der Waals surface area contributed by atoms with Gasteiger partial charge in [0.05, 0.1) is 11.9 Å². The summed E-state index contributed by atoms with van der Waals surface area (Å²) in [6.45, 7) is -0.211. The van der Waals surface area contributed by atoms with Crippen molar-refractivity contribution in [2.75, 3.05) is 6.61 Å². The van der Waals surface area contributed by atoms with E-state index >= 15 is 0 Å². The zero-order valence-electron chi connectivity index (χ0n) is 16.3. The zero-order chi connectivity index (χ0) is 21.8. The van der Waals surface area contributed by atoms with Gasteiger partial charge in [-0.25, -0.2) is 9.48 Å². The molecule has 0 aliphatic carbocycles. The van der Waals surface area contributed by atoms with Crippen molar-refractivity contribution >= 4 is 38.5 Å². The van der Waals surface area contributed by atoms with Crippen LogP contribution in [0.3, 0.4) is 0 Å². The lowest BCUT2D eigenvalue weighted by molar-refractivity contribution is 0.0468.